The summed E-state index contributed by atoms with van der Waals surface area (Å²) < 4.78 is 5.78. The molecule has 3 rings (SSSR count). The number of nitrogens with two attached hydrogens (primary N) is 1. The van der Waals surface area contributed by atoms with Gasteiger partial charge in [0, 0.05) is 31.8 Å². The van der Waals surface area contributed by atoms with E-state index in [9.17, 15) is 0 Å². The number of fused-ring (bicyclic) bond motifs is 1. The van der Waals surface area contributed by atoms with Crippen molar-refractivity contribution in [2.24, 2.45) is 0 Å². The molecule has 1 atom stereocenters. The van der Waals surface area contributed by atoms with Gasteiger partial charge in [0.2, 0.25) is 0 Å². The fraction of sp³-hybridized carbons (Fsp3) is 0.562. The van der Waals surface area contributed by atoms with Crippen LogP contribution in [0.3, 0.4) is 0 Å². The highest BCUT2D eigenvalue weighted by molar-refractivity contribution is 5.78. The van der Waals surface area contributed by atoms with Crippen molar-refractivity contribution in [3.05, 3.63) is 24.0 Å². The van der Waals surface area contributed by atoms with Gasteiger partial charge in [-0.1, -0.05) is 0 Å². The SMILES string of the molecule is CN(CCc1nc2ccc(N)cc2[nH]1)CC1CCCCO1. The molecular weight excluding hydrogens is 264 g/mol. The number of ether oxygens (including phenoxy) is 1. The molecule has 21 heavy (non-hydrogen) atoms. The van der Waals surface area contributed by atoms with Crippen LogP contribution in [0.25, 0.3) is 11.0 Å². The Balaban J connectivity index is 1.53. The Labute approximate surface area is 125 Å². The second-order valence-corrected chi connectivity index (χ2v) is 5.96. The van der Waals surface area contributed by atoms with Crippen molar-refractivity contribution >= 4 is 16.7 Å². The minimum atomic E-state index is 0.402. The fourth-order valence-corrected chi connectivity index (χ4v) is 2.89. The van der Waals surface area contributed by atoms with Crippen LogP contribution in [0.5, 0.6) is 0 Å². The van der Waals surface area contributed by atoms with Crippen molar-refractivity contribution in [3.8, 4) is 0 Å². The van der Waals surface area contributed by atoms with E-state index in [2.05, 4.69) is 21.9 Å². The molecule has 1 aromatic heterocycles. The van der Waals surface area contributed by atoms with Crippen molar-refractivity contribution < 1.29 is 4.74 Å². The van der Waals surface area contributed by atoms with Crippen LogP contribution in [0, 0.1) is 0 Å². The van der Waals surface area contributed by atoms with Gasteiger partial charge in [0.05, 0.1) is 17.1 Å². The first-order chi connectivity index (χ1) is 10.2. The Kier molecular flexibility index (Phi) is 4.41. The van der Waals surface area contributed by atoms with Gasteiger partial charge in [-0.05, 0) is 44.5 Å². The number of likely N-dealkylation sites (N-methyl/N-ethyl adjacent to an activating group) is 1. The number of aromatic amines is 1. The van der Waals surface area contributed by atoms with E-state index in [1.54, 1.807) is 0 Å². The number of nitrogen functional groups attached to an aromatic ring is 1. The van der Waals surface area contributed by atoms with Crippen LogP contribution < -0.4 is 5.73 Å². The zero-order valence-electron chi connectivity index (χ0n) is 12.6. The van der Waals surface area contributed by atoms with Crippen molar-refractivity contribution in [2.75, 3.05) is 32.5 Å². The average molecular weight is 288 g/mol. The third-order valence-corrected chi connectivity index (χ3v) is 4.07. The third kappa shape index (κ3) is 3.74. The minimum Gasteiger partial charge on any atom is -0.399 e. The Morgan fingerprint density at radius 1 is 1.43 bits per heavy atom. The molecule has 1 unspecified atom stereocenters. The second kappa shape index (κ2) is 6.45. The standard InChI is InChI=1S/C16H24N4O/c1-20(11-13-4-2-3-9-21-13)8-7-16-18-14-6-5-12(17)10-15(14)19-16/h5-6,10,13H,2-4,7-9,11,17H2,1H3,(H,18,19). The van der Waals surface area contributed by atoms with E-state index >= 15 is 0 Å². The predicted molar refractivity (Wildman–Crippen MR) is 85.3 cm³/mol. The summed E-state index contributed by atoms with van der Waals surface area (Å²) in [6.45, 7) is 2.91. The first-order valence-electron chi connectivity index (χ1n) is 7.75. The number of H-pyrrole nitrogens is 1. The molecule has 5 heteroatoms. The first kappa shape index (κ1) is 14.4. The minimum absolute atomic E-state index is 0.402. The number of hydrogen-bond donors (Lipinski definition) is 2. The lowest BCUT2D eigenvalue weighted by Crippen LogP contribution is -2.34. The summed E-state index contributed by atoms with van der Waals surface area (Å²) in [5, 5.41) is 0. The maximum atomic E-state index is 5.79. The normalized spacial score (nSPS) is 19.4. The van der Waals surface area contributed by atoms with E-state index in [0.29, 0.717) is 6.10 Å². The number of imidazole rings is 1. The van der Waals surface area contributed by atoms with Crippen LogP contribution in [0.15, 0.2) is 18.2 Å². The molecule has 2 heterocycles. The zero-order chi connectivity index (χ0) is 14.7. The molecule has 1 aliphatic rings. The fourth-order valence-electron chi connectivity index (χ4n) is 2.89. The molecular formula is C16H24N4O. The molecule has 2 aromatic rings. The molecule has 114 valence electrons. The molecule has 0 aliphatic carbocycles. The Hall–Kier alpha value is -1.59. The molecule has 1 saturated heterocycles. The molecule has 0 saturated carbocycles. The highest BCUT2D eigenvalue weighted by atomic mass is 16.5. The van der Waals surface area contributed by atoms with Gasteiger partial charge in [-0.2, -0.15) is 0 Å². The molecule has 0 bridgehead atoms. The van der Waals surface area contributed by atoms with Gasteiger partial charge in [-0.25, -0.2) is 4.98 Å². The van der Waals surface area contributed by atoms with E-state index in [-0.39, 0.29) is 0 Å². The van der Waals surface area contributed by atoms with E-state index in [1.807, 2.05) is 18.2 Å². The van der Waals surface area contributed by atoms with E-state index < -0.39 is 0 Å². The predicted octanol–water partition coefficient (Wildman–Crippen LogP) is 2.19. The summed E-state index contributed by atoms with van der Waals surface area (Å²) in [5.74, 6) is 1.02. The maximum absolute atomic E-state index is 5.79. The van der Waals surface area contributed by atoms with E-state index in [1.165, 1.54) is 19.3 Å². The third-order valence-electron chi connectivity index (χ3n) is 4.07. The quantitative estimate of drug-likeness (QED) is 0.828. The number of hydrogen-bond acceptors (Lipinski definition) is 4. The Bertz CT molecular complexity index is 589. The molecule has 1 aliphatic heterocycles. The zero-order valence-corrected chi connectivity index (χ0v) is 12.6. The summed E-state index contributed by atoms with van der Waals surface area (Å²) in [5.41, 5.74) is 8.56. The van der Waals surface area contributed by atoms with Gasteiger partial charge < -0.3 is 20.4 Å². The number of rotatable bonds is 5. The lowest BCUT2D eigenvalue weighted by Gasteiger charge is -2.27. The van der Waals surface area contributed by atoms with Gasteiger partial charge >= 0.3 is 0 Å². The summed E-state index contributed by atoms with van der Waals surface area (Å²) in [7, 11) is 2.15. The van der Waals surface area contributed by atoms with Crippen LogP contribution in [0.1, 0.15) is 25.1 Å². The van der Waals surface area contributed by atoms with Crippen molar-refractivity contribution in [2.45, 2.75) is 31.8 Å². The Morgan fingerprint density at radius 3 is 3.14 bits per heavy atom. The van der Waals surface area contributed by atoms with E-state index in [4.69, 9.17) is 10.5 Å². The maximum Gasteiger partial charge on any atom is 0.108 e. The van der Waals surface area contributed by atoms with Crippen molar-refractivity contribution in [1.29, 1.82) is 0 Å². The second-order valence-electron chi connectivity index (χ2n) is 5.96. The number of anilines is 1. The van der Waals surface area contributed by atoms with Gasteiger partial charge in [0.15, 0.2) is 0 Å². The van der Waals surface area contributed by atoms with Gasteiger partial charge in [-0.15, -0.1) is 0 Å². The smallest absolute Gasteiger partial charge is 0.108 e. The van der Waals surface area contributed by atoms with Gasteiger partial charge in [0.1, 0.15) is 5.82 Å². The molecule has 0 radical (unpaired) electrons. The van der Waals surface area contributed by atoms with Crippen LogP contribution in [0.4, 0.5) is 5.69 Å². The summed E-state index contributed by atoms with van der Waals surface area (Å²) in [6.07, 6.45) is 5.01. The van der Waals surface area contributed by atoms with Crippen LogP contribution >= 0.6 is 0 Å². The average Bonchev–Trinajstić information content (AvgIpc) is 2.88. The summed E-state index contributed by atoms with van der Waals surface area (Å²) in [4.78, 5) is 10.3. The molecule has 0 spiro atoms. The lowest BCUT2D eigenvalue weighted by atomic mass is 10.1. The van der Waals surface area contributed by atoms with Crippen LogP contribution in [0.2, 0.25) is 0 Å². The first-order valence-corrected chi connectivity index (χ1v) is 7.75. The number of nitrogens with one attached hydrogen (secondary N) is 1. The molecule has 1 fully saturated rings. The summed E-state index contributed by atoms with van der Waals surface area (Å²) >= 11 is 0. The van der Waals surface area contributed by atoms with E-state index in [0.717, 1.165) is 48.7 Å². The van der Waals surface area contributed by atoms with Gasteiger partial charge in [-0.3, -0.25) is 0 Å². The molecule has 0 amide bonds. The van der Waals surface area contributed by atoms with Crippen molar-refractivity contribution in [3.63, 3.8) is 0 Å². The number of aromatic nitrogens is 2. The Morgan fingerprint density at radius 2 is 2.33 bits per heavy atom. The molecule has 5 nitrogen and oxygen atoms in total. The highest BCUT2D eigenvalue weighted by Crippen LogP contribution is 2.16. The molecule has 3 N–H and O–H groups in total. The lowest BCUT2D eigenvalue weighted by molar-refractivity contribution is -0.00130. The van der Waals surface area contributed by atoms with Crippen LogP contribution in [-0.2, 0) is 11.2 Å². The monoisotopic (exact) mass is 288 g/mol. The van der Waals surface area contributed by atoms with Crippen LogP contribution in [-0.4, -0.2) is 47.7 Å². The number of nitrogens with zero attached hydrogens (tertiary/aromatic N) is 2. The van der Waals surface area contributed by atoms with Crippen molar-refractivity contribution in [1.82, 2.24) is 14.9 Å². The topological polar surface area (TPSA) is 67.2 Å². The van der Waals surface area contributed by atoms with Gasteiger partial charge in [0.25, 0.3) is 0 Å². The number of benzene rings is 1. The largest absolute Gasteiger partial charge is 0.399 e. The molecule has 1 aromatic carbocycles. The summed E-state index contributed by atoms with van der Waals surface area (Å²) in [6, 6.07) is 5.79. The highest BCUT2D eigenvalue weighted by Gasteiger charge is 2.16.